The van der Waals surface area contributed by atoms with E-state index in [0.717, 1.165) is 11.1 Å². The minimum Gasteiger partial charge on any atom is -0.292 e. The number of aromatic nitrogens is 1. The molecule has 0 aliphatic rings. The molecule has 0 aliphatic heterocycles. The maximum atomic E-state index is 12.1. The highest BCUT2D eigenvalue weighted by atomic mass is 35.5. The molecule has 0 N–H and O–H groups in total. The molecule has 18 heavy (non-hydrogen) atoms. The Balaban J connectivity index is 2.27. The Bertz CT molecular complexity index is 596. The van der Waals surface area contributed by atoms with Gasteiger partial charge in [-0.05, 0) is 30.2 Å². The quantitative estimate of drug-likeness (QED) is 0.791. The van der Waals surface area contributed by atoms with Crippen LogP contribution in [0.2, 0.25) is 10.0 Å². The molecule has 2 rings (SSSR count). The molecule has 0 saturated carbocycles. The molecule has 2 nitrogen and oxygen atoms in total. The molecule has 1 aromatic carbocycles. The molecular weight excluding hydrogens is 269 g/mol. The Morgan fingerprint density at radius 1 is 1.22 bits per heavy atom. The van der Waals surface area contributed by atoms with Crippen molar-refractivity contribution in [3.05, 3.63) is 63.4 Å². The van der Waals surface area contributed by atoms with Crippen LogP contribution in [0.15, 0.2) is 36.5 Å². The second-order valence-corrected chi connectivity index (χ2v) is 4.77. The van der Waals surface area contributed by atoms with Crippen LogP contribution < -0.4 is 0 Å². The van der Waals surface area contributed by atoms with Crippen molar-refractivity contribution in [2.24, 2.45) is 0 Å². The van der Waals surface area contributed by atoms with E-state index in [2.05, 4.69) is 4.98 Å². The van der Waals surface area contributed by atoms with E-state index in [1.807, 2.05) is 13.0 Å². The summed E-state index contributed by atoms with van der Waals surface area (Å²) in [6, 6.07) is 8.94. The third-order valence-electron chi connectivity index (χ3n) is 2.66. The summed E-state index contributed by atoms with van der Waals surface area (Å²) in [4.78, 5) is 16.2. The average molecular weight is 280 g/mol. The van der Waals surface area contributed by atoms with Crippen LogP contribution >= 0.6 is 23.2 Å². The molecule has 4 heteroatoms. The number of pyridine rings is 1. The normalized spacial score (nSPS) is 10.4. The maximum Gasteiger partial charge on any atom is 0.185 e. The smallest absolute Gasteiger partial charge is 0.185 e. The molecule has 1 heterocycles. The number of hydrogen-bond donors (Lipinski definition) is 0. The van der Waals surface area contributed by atoms with Crippen molar-refractivity contribution in [1.29, 1.82) is 0 Å². The van der Waals surface area contributed by atoms with Crippen molar-refractivity contribution in [3.8, 4) is 0 Å². The van der Waals surface area contributed by atoms with Gasteiger partial charge in [-0.2, -0.15) is 0 Å². The summed E-state index contributed by atoms with van der Waals surface area (Å²) >= 11 is 12.0. The van der Waals surface area contributed by atoms with Crippen molar-refractivity contribution in [2.45, 2.75) is 13.3 Å². The van der Waals surface area contributed by atoms with Gasteiger partial charge in [-0.3, -0.25) is 9.78 Å². The lowest BCUT2D eigenvalue weighted by Gasteiger charge is -2.06. The van der Waals surface area contributed by atoms with Crippen LogP contribution in [-0.4, -0.2) is 10.8 Å². The lowest BCUT2D eigenvalue weighted by atomic mass is 10.0. The number of ketones is 1. The molecule has 0 aliphatic carbocycles. The number of carbonyl (C=O) groups is 1. The molecule has 0 spiro atoms. The number of halogens is 2. The van der Waals surface area contributed by atoms with E-state index in [1.165, 1.54) is 0 Å². The first-order valence-corrected chi connectivity index (χ1v) is 6.23. The molecular formula is C14H11Cl2NO. The molecule has 0 fully saturated rings. The zero-order valence-corrected chi connectivity index (χ0v) is 11.3. The van der Waals surface area contributed by atoms with Gasteiger partial charge in [0, 0.05) is 12.6 Å². The second-order valence-electron chi connectivity index (χ2n) is 3.98. The Hall–Kier alpha value is -1.38. The van der Waals surface area contributed by atoms with Crippen LogP contribution in [0.1, 0.15) is 21.6 Å². The molecule has 0 atom stereocenters. The van der Waals surface area contributed by atoms with Gasteiger partial charge in [-0.25, -0.2) is 0 Å². The average Bonchev–Trinajstić information content (AvgIpc) is 2.35. The largest absolute Gasteiger partial charge is 0.292 e. The maximum absolute atomic E-state index is 12.1. The van der Waals surface area contributed by atoms with Crippen LogP contribution in [0, 0.1) is 6.92 Å². The van der Waals surface area contributed by atoms with Gasteiger partial charge in [-0.15, -0.1) is 0 Å². The van der Waals surface area contributed by atoms with Gasteiger partial charge in [0.25, 0.3) is 0 Å². The minimum absolute atomic E-state index is 0.0581. The summed E-state index contributed by atoms with van der Waals surface area (Å²) < 4.78 is 0. The van der Waals surface area contributed by atoms with Gasteiger partial charge >= 0.3 is 0 Å². The summed E-state index contributed by atoms with van der Waals surface area (Å²) in [5.41, 5.74) is 2.06. The fraction of sp³-hybridized carbons (Fsp3) is 0.143. The molecule has 0 unspecified atom stereocenters. The van der Waals surface area contributed by atoms with Crippen molar-refractivity contribution in [1.82, 2.24) is 4.98 Å². The third kappa shape index (κ3) is 2.71. The summed E-state index contributed by atoms with van der Waals surface area (Å²) in [5, 5.41) is 0.890. The van der Waals surface area contributed by atoms with Gasteiger partial charge in [0.05, 0.1) is 10.0 Å². The fourth-order valence-electron chi connectivity index (χ4n) is 1.72. The highest BCUT2D eigenvalue weighted by Crippen LogP contribution is 2.26. The molecule has 0 bridgehead atoms. The molecule has 1 aromatic heterocycles. The highest BCUT2D eigenvalue weighted by Gasteiger charge is 2.13. The van der Waals surface area contributed by atoms with E-state index in [4.69, 9.17) is 23.2 Å². The first-order chi connectivity index (χ1) is 8.59. The van der Waals surface area contributed by atoms with Crippen molar-refractivity contribution >= 4 is 29.0 Å². The molecule has 0 amide bonds. The van der Waals surface area contributed by atoms with Crippen LogP contribution in [0.4, 0.5) is 0 Å². The van der Waals surface area contributed by atoms with Crippen LogP contribution in [0.3, 0.4) is 0 Å². The van der Waals surface area contributed by atoms with E-state index in [1.54, 1.807) is 30.5 Å². The molecule has 0 saturated heterocycles. The predicted octanol–water partition coefficient (Wildman–Crippen LogP) is 4.12. The zero-order valence-electron chi connectivity index (χ0n) is 9.78. The Kier molecular flexibility index (Phi) is 4.00. The molecule has 2 aromatic rings. The summed E-state index contributed by atoms with van der Waals surface area (Å²) in [7, 11) is 0. The molecule has 92 valence electrons. The van der Waals surface area contributed by atoms with Gasteiger partial charge in [0.2, 0.25) is 0 Å². The van der Waals surface area contributed by atoms with Gasteiger partial charge in [-0.1, -0.05) is 41.4 Å². The van der Waals surface area contributed by atoms with Crippen LogP contribution in [0.25, 0.3) is 0 Å². The van der Waals surface area contributed by atoms with Gasteiger partial charge in [0.1, 0.15) is 5.69 Å². The summed E-state index contributed by atoms with van der Waals surface area (Å²) in [6.07, 6.45) is 1.82. The molecule has 0 radical (unpaired) electrons. The van der Waals surface area contributed by atoms with E-state index in [0.29, 0.717) is 15.7 Å². The highest BCUT2D eigenvalue weighted by molar-refractivity contribution is 6.42. The number of carbonyl (C=O) groups excluding carboxylic acids is 1. The van der Waals surface area contributed by atoms with Gasteiger partial charge < -0.3 is 0 Å². The summed E-state index contributed by atoms with van der Waals surface area (Å²) in [6.45, 7) is 1.86. The van der Waals surface area contributed by atoms with E-state index in [9.17, 15) is 4.79 Å². The number of aryl methyl sites for hydroxylation is 1. The van der Waals surface area contributed by atoms with Crippen LogP contribution in [-0.2, 0) is 6.42 Å². The Morgan fingerprint density at radius 3 is 2.72 bits per heavy atom. The number of benzene rings is 1. The third-order valence-corrected chi connectivity index (χ3v) is 3.51. The topological polar surface area (TPSA) is 30.0 Å². The van der Waals surface area contributed by atoms with Crippen molar-refractivity contribution in [2.75, 3.05) is 0 Å². The first-order valence-electron chi connectivity index (χ1n) is 5.47. The summed E-state index contributed by atoms with van der Waals surface area (Å²) in [5.74, 6) is -0.0581. The number of Topliss-reactive ketones (excluding diaryl/α,β-unsaturated/α-hetero) is 1. The van der Waals surface area contributed by atoms with Crippen LogP contribution in [0.5, 0.6) is 0 Å². The minimum atomic E-state index is -0.0581. The Labute approximate surface area is 116 Å². The van der Waals surface area contributed by atoms with Crippen molar-refractivity contribution < 1.29 is 4.79 Å². The van der Waals surface area contributed by atoms with E-state index >= 15 is 0 Å². The van der Waals surface area contributed by atoms with Crippen molar-refractivity contribution in [3.63, 3.8) is 0 Å². The number of rotatable bonds is 3. The second kappa shape index (κ2) is 5.51. The van der Waals surface area contributed by atoms with Gasteiger partial charge in [0.15, 0.2) is 5.78 Å². The number of hydrogen-bond acceptors (Lipinski definition) is 2. The fourth-order valence-corrected chi connectivity index (χ4v) is 2.11. The monoisotopic (exact) mass is 279 g/mol. The van der Waals surface area contributed by atoms with E-state index < -0.39 is 0 Å². The SMILES string of the molecule is Cc1cccnc1C(=O)Cc1cccc(Cl)c1Cl. The lowest BCUT2D eigenvalue weighted by Crippen LogP contribution is -2.08. The number of nitrogens with zero attached hydrogens (tertiary/aromatic N) is 1. The van der Waals surface area contributed by atoms with E-state index in [-0.39, 0.29) is 12.2 Å². The lowest BCUT2D eigenvalue weighted by molar-refractivity contribution is 0.0987. The standard InChI is InChI=1S/C14H11Cl2NO/c1-9-4-3-7-17-14(9)12(18)8-10-5-2-6-11(15)13(10)16/h2-7H,8H2,1H3. The Morgan fingerprint density at radius 2 is 2.00 bits per heavy atom. The zero-order chi connectivity index (χ0) is 13.1. The predicted molar refractivity (Wildman–Crippen MR) is 73.5 cm³/mol. The first kappa shape index (κ1) is 13.1.